The van der Waals surface area contributed by atoms with E-state index in [1.165, 1.54) is 0 Å². The van der Waals surface area contributed by atoms with Gasteiger partial charge in [0, 0.05) is 17.7 Å². The van der Waals surface area contributed by atoms with E-state index in [2.05, 4.69) is 4.98 Å². The van der Waals surface area contributed by atoms with Crippen LogP contribution >= 0.6 is 0 Å². The SMILES string of the molecule is O=C(O)C1CC2Oc3cnccc3C2C1. The van der Waals surface area contributed by atoms with Crippen LogP contribution in [-0.2, 0) is 4.79 Å². The van der Waals surface area contributed by atoms with Crippen molar-refractivity contribution in [2.24, 2.45) is 5.92 Å². The Morgan fingerprint density at radius 2 is 2.40 bits per heavy atom. The largest absolute Gasteiger partial charge is 0.488 e. The van der Waals surface area contributed by atoms with Crippen molar-refractivity contribution in [2.75, 3.05) is 0 Å². The molecule has 0 amide bonds. The van der Waals surface area contributed by atoms with Crippen molar-refractivity contribution >= 4 is 5.97 Å². The Labute approximate surface area is 86.9 Å². The Balaban J connectivity index is 1.91. The lowest BCUT2D eigenvalue weighted by atomic mass is 9.97. The summed E-state index contributed by atoms with van der Waals surface area (Å²) >= 11 is 0. The van der Waals surface area contributed by atoms with Gasteiger partial charge in [-0.05, 0) is 18.9 Å². The summed E-state index contributed by atoms with van der Waals surface area (Å²) in [5, 5.41) is 8.95. The standard InChI is InChI=1S/C11H11NO3/c13-11(14)6-3-8-7-1-2-12-5-10(7)15-9(8)4-6/h1-2,5-6,8-9H,3-4H2,(H,13,14). The summed E-state index contributed by atoms with van der Waals surface area (Å²) in [6.07, 6.45) is 4.80. The predicted molar refractivity (Wildman–Crippen MR) is 51.8 cm³/mol. The zero-order valence-corrected chi connectivity index (χ0v) is 8.09. The van der Waals surface area contributed by atoms with Crippen molar-refractivity contribution in [3.8, 4) is 5.75 Å². The summed E-state index contributed by atoms with van der Waals surface area (Å²) in [7, 11) is 0. The number of hydrogen-bond donors (Lipinski definition) is 1. The molecule has 15 heavy (non-hydrogen) atoms. The number of nitrogens with zero attached hydrogens (tertiary/aromatic N) is 1. The van der Waals surface area contributed by atoms with Crippen molar-refractivity contribution in [1.82, 2.24) is 4.98 Å². The van der Waals surface area contributed by atoms with Gasteiger partial charge in [0.1, 0.15) is 11.9 Å². The molecule has 3 atom stereocenters. The van der Waals surface area contributed by atoms with E-state index in [9.17, 15) is 4.79 Å². The average Bonchev–Trinajstić information content (AvgIpc) is 2.73. The Bertz CT molecular complexity index is 418. The van der Waals surface area contributed by atoms with Crippen LogP contribution in [-0.4, -0.2) is 22.2 Å². The van der Waals surface area contributed by atoms with Crippen LogP contribution in [0.2, 0.25) is 0 Å². The molecular weight excluding hydrogens is 194 g/mol. The first-order chi connectivity index (χ1) is 7.25. The molecule has 3 rings (SSSR count). The fourth-order valence-electron chi connectivity index (χ4n) is 2.62. The molecule has 0 radical (unpaired) electrons. The topological polar surface area (TPSA) is 59.4 Å². The third-order valence-corrected chi connectivity index (χ3v) is 3.35. The average molecular weight is 205 g/mol. The molecule has 1 aliphatic heterocycles. The molecule has 0 saturated heterocycles. The molecule has 0 aromatic carbocycles. The maximum atomic E-state index is 10.9. The van der Waals surface area contributed by atoms with Gasteiger partial charge in [-0.15, -0.1) is 0 Å². The van der Waals surface area contributed by atoms with Crippen molar-refractivity contribution in [3.63, 3.8) is 0 Å². The predicted octanol–water partition coefficient (Wildman–Crippen LogP) is 1.42. The summed E-state index contributed by atoms with van der Waals surface area (Å²) in [5.74, 6) is 0.130. The zero-order chi connectivity index (χ0) is 10.4. The van der Waals surface area contributed by atoms with Gasteiger partial charge in [0.2, 0.25) is 0 Å². The van der Waals surface area contributed by atoms with E-state index in [0.717, 1.165) is 11.3 Å². The molecule has 1 fully saturated rings. The van der Waals surface area contributed by atoms with Crippen molar-refractivity contribution in [3.05, 3.63) is 24.0 Å². The van der Waals surface area contributed by atoms with Gasteiger partial charge in [-0.2, -0.15) is 0 Å². The number of hydrogen-bond acceptors (Lipinski definition) is 3. The molecular formula is C11H11NO3. The number of aromatic nitrogens is 1. The molecule has 3 unspecified atom stereocenters. The summed E-state index contributed by atoms with van der Waals surface area (Å²) in [6, 6.07) is 1.93. The Morgan fingerprint density at radius 1 is 1.53 bits per heavy atom. The van der Waals surface area contributed by atoms with Crippen LogP contribution in [0.25, 0.3) is 0 Å². The normalized spacial score (nSPS) is 31.9. The number of pyridine rings is 1. The fourth-order valence-corrected chi connectivity index (χ4v) is 2.62. The smallest absolute Gasteiger partial charge is 0.306 e. The van der Waals surface area contributed by atoms with Crippen LogP contribution in [0, 0.1) is 5.92 Å². The molecule has 78 valence electrons. The van der Waals surface area contributed by atoms with Crippen LogP contribution in [0.3, 0.4) is 0 Å². The molecule has 1 aromatic heterocycles. The maximum Gasteiger partial charge on any atom is 0.306 e. The second-order valence-electron chi connectivity index (χ2n) is 4.18. The van der Waals surface area contributed by atoms with Gasteiger partial charge in [-0.1, -0.05) is 0 Å². The quantitative estimate of drug-likeness (QED) is 0.753. The van der Waals surface area contributed by atoms with Gasteiger partial charge >= 0.3 is 5.97 Å². The second kappa shape index (κ2) is 2.95. The van der Waals surface area contributed by atoms with Crippen LogP contribution in [0.15, 0.2) is 18.5 Å². The highest BCUT2D eigenvalue weighted by Gasteiger charge is 2.45. The van der Waals surface area contributed by atoms with Gasteiger partial charge in [0.25, 0.3) is 0 Å². The third-order valence-electron chi connectivity index (χ3n) is 3.35. The van der Waals surface area contributed by atoms with Crippen LogP contribution in [0.5, 0.6) is 5.75 Å². The van der Waals surface area contributed by atoms with Crippen molar-refractivity contribution < 1.29 is 14.6 Å². The first-order valence-electron chi connectivity index (χ1n) is 5.09. The van der Waals surface area contributed by atoms with Gasteiger partial charge in [-0.3, -0.25) is 9.78 Å². The van der Waals surface area contributed by atoms with Crippen molar-refractivity contribution in [2.45, 2.75) is 24.9 Å². The molecule has 2 aliphatic rings. The summed E-state index contributed by atoms with van der Waals surface area (Å²) in [5.41, 5.74) is 1.12. The zero-order valence-electron chi connectivity index (χ0n) is 8.09. The number of fused-ring (bicyclic) bond motifs is 3. The molecule has 2 heterocycles. The summed E-state index contributed by atoms with van der Waals surface area (Å²) in [4.78, 5) is 14.9. The number of rotatable bonds is 1. The molecule has 0 spiro atoms. The minimum Gasteiger partial charge on any atom is -0.488 e. The molecule has 4 nitrogen and oxygen atoms in total. The minimum atomic E-state index is -0.705. The molecule has 4 heteroatoms. The van der Waals surface area contributed by atoms with Crippen LogP contribution in [0.4, 0.5) is 0 Å². The Morgan fingerprint density at radius 3 is 3.20 bits per heavy atom. The monoisotopic (exact) mass is 205 g/mol. The van der Waals surface area contributed by atoms with E-state index >= 15 is 0 Å². The fraction of sp³-hybridized carbons (Fsp3) is 0.455. The second-order valence-corrected chi connectivity index (χ2v) is 4.18. The lowest BCUT2D eigenvalue weighted by molar-refractivity contribution is -0.141. The number of aliphatic carboxylic acids is 1. The number of carbonyl (C=O) groups is 1. The van der Waals surface area contributed by atoms with E-state index in [-0.39, 0.29) is 17.9 Å². The first kappa shape index (κ1) is 8.71. The number of carboxylic acids is 1. The summed E-state index contributed by atoms with van der Waals surface area (Å²) < 4.78 is 5.69. The van der Waals surface area contributed by atoms with Gasteiger partial charge < -0.3 is 9.84 Å². The molecule has 1 N–H and O–H groups in total. The third kappa shape index (κ3) is 1.21. The Kier molecular flexibility index (Phi) is 1.71. The van der Waals surface area contributed by atoms with Crippen LogP contribution in [0.1, 0.15) is 24.3 Å². The minimum absolute atomic E-state index is 0.0466. The van der Waals surface area contributed by atoms with Gasteiger partial charge in [0.05, 0.1) is 12.1 Å². The van der Waals surface area contributed by atoms with E-state index in [0.29, 0.717) is 12.8 Å². The molecule has 0 bridgehead atoms. The highest BCUT2D eigenvalue weighted by molar-refractivity contribution is 5.71. The highest BCUT2D eigenvalue weighted by Crippen LogP contribution is 2.48. The summed E-state index contributed by atoms with van der Waals surface area (Å²) in [6.45, 7) is 0. The maximum absolute atomic E-state index is 10.9. The van der Waals surface area contributed by atoms with Crippen LogP contribution < -0.4 is 4.74 Å². The number of carboxylic acid groups (broad SMARTS) is 1. The highest BCUT2D eigenvalue weighted by atomic mass is 16.5. The molecule has 1 saturated carbocycles. The lowest BCUT2D eigenvalue weighted by Crippen LogP contribution is -2.14. The van der Waals surface area contributed by atoms with E-state index in [1.54, 1.807) is 12.4 Å². The molecule has 1 aliphatic carbocycles. The first-order valence-corrected chi connectivity index (χ1v) is 5.09. The van der Waals surface area contributed by atoms with E-state index < -0.39 is 5.97 Å². The Hall–Kier alpha value is -1.58. The van der Waals surface area contributed by atoms with Gasteiger partial charge in [-0.25, -0.2) is 0 Å². The number of ether oxygens (including phenoxy) is 1. The molecule has 1 aromatic rings. The van der Waals surface area contributed by atoms with Gasteiger partial charge in [0.15, 0.2) is 0 Å². The van der Waals surface area contributed by atoms with E-state index in [4.69, 9.17) is 9.84 Å². The van der Waals surface area contributed by atoms with E-state index in [1.807, 2.05) is 6.07 Å². The van der Waals surface area contributed by atoms with Crippen molar-refractivity contribution in [1.29, 1.82) is 0 Å². The lowest BCUT2D eigenvalue weighted by Gasteiger charge is -2.07.